The minimum atomic E-state index is -3.43. The lowest BCUT2D eigenvalue weighted by Gasteiger charge is -2.44. The summed E-state index contributed by atoms with van der Waals surface area (Å²) in [6.45, 7) is 14.8. The molecule has 0 radical (unpaired) electrons. The second-order valence-corrected chi connectivity index (χ2v) is 19.3. The Morgan fingerprint density at radius 2 is 1.34 bits per heavy atom. The van der Waals surface area contributed by atoms with Crippen molar-refractivity contribution in [3.63, 3.8) is 0 Å². The van der Waals surface area contributed by atoms with Gasteiger partial charge >= 0.3 is 0 Å². The molecule has 47 heavy (non-hydrogen) atoms. The molecule has 2 rings (SSSR count). The van der Waals surface area contributed by atoms with Crippen molar-refractivity contribution in [2.75, 3.05) is 13.1 Å². The first kappa shape index (κ1) is 39.1. The van der Waals surface area contributed by atoms with Crippen LogP contribution in [-0.4, -0.2) is 63.1 Å². The summed E-state index contributed by atoms with van der Waals surface area (Å²) in [5.74, 6) is -2.79. The molecule has 0 bridgehead atoms. The Balaban J connectivity index is 1.97. The largest absolute Gasteiger partial charge is 0.368 e. The first-order chi connectivity index (χ1) is 21.8. The van der Waals surface area contributed by atoms with Crippen LogP contribution in [0, 0.1) is 5.92 Å². The van der Waals surface area contributed by atoms with Gasteiger partial charge in [-0.15, -0.1) is 0 Å². The van der Waals surface area contributed by atoms with Crippen LogP contribution in [0.2, 0.25) is 10.1 Å². The van der Waals surface area contributed by atoms with Crippen molar-refractivity contribution in [3.05, 3.63) is 65.7 Å². The molecule has 0 saturated carbocycles. The summed E-state index contributed by atoms with van der Waals surface area (Å²) in [5.41, 5.74) is 6.64. The summed E-state index contributed by atoms with van der Waals surface area (Å²) in [6.07, 6.45) is 0.0942. The molecule has 0 aliphatic rings. The van der Waals surface area contributed by atoms with Crippen molar-refractivity contribution >= 4 is 43.1 Å². The van der Waals surface area contributed by atoms with E-state index in [0.29, 0.717) is 10.8 Å². The molecule has 12 heteroatoms. The van der Waals surface area contributed by atoms with Gasteiger partial charge in [-0.3, -0.25) is 24.0 Å². The molecule has 0 aliphatic heterocycles. The zero-order chi connectivity index (χ0) is 35.6. The van der Waals surface area contributed by atoms with Crippen LogP contribution in [0.15, 0.2) is 54.6 Å². The van der Waals surface area contributed by atoms with Gasteiger partial charge in [0.05, 0.1) is 13.0 Å². The van der Waals surface area contributed by atoms with Gasteiger partial charge in [-0.05, 0) is 32.3 Å². The Morgan fingerprint density at radius 3 is 1.85 bits per heavy atom. The number of carbonyl (C=O) groups is 5. The molecule has 0 fully saturated rings. The van der Waals surface area contributed by atoms with Gasteiger partial charge in [-0.1, -0.05) is 110 Å². The third-order valence-electron chi connectivity index (χ3n) is 8.07. The predicted molar refractivity (Wildman–Crippen MR) is 185 cm³/mol. The summed E-state index contributed by atoms with van der Waals surface area (Å²) >= 11 is 0. The number of hydrogen-bond acceptors (Lipinski definition) is 5. The molecule has 0 aliphatic carbocycles. The summed E-state index contributed by atoms with van der Waals surface area (Å²) in [7, 11) is -3.43. The fourth-order valence-electron chi connectivity index (χ4n) is 5.82. The molecule has 6 N–H and O–H groups in total. The predicted octanol–water partition coefficient (Wildman–Crippen LogP) is 2.93. The summed E-state index contributed by atoms with van der Waals surface area (Å²) in [6, 6.07) is 14.4. The lowest BCUT2D eigenvalue weighted by atomic mass is 10.0. The van der Waals surface area contributed by atoms with E-state index in [1.54, 1.807) is 38.1 Å². The van der Waals surface area contributed by atoms with Gasteiger partial charge in [0.25, 0.3) is 8.41 Å². The van der Waals surface area contributed by atoms with Crippen LogP contribution in [0.25, 0.3) is 0 Å². The van der Waals surface area contributed by atoms with Crippen LogP contribution in [0.3, 0.4) is 0 Å². The van der Waals surface area contributed by atoms with Crippen LogP contribution in [0.5, 0.6) is 0 Å². The molecule has 2 aromatic rings. The number of amides is 5. The van der Waals surface area contributed by atoms with Gasteiger partial charge in [0.1, 0.15) is 12.1 Å². The maximum atomic E-state index is 16.6. The third kappa shape index (κ3) is 11.3. The molecular weight excluding hydrogens is 617 g/mol. The Morgan fingerprint density at radius 1 is 0.766 bits per heavy atom. The Kier molecular flexibility index (Phi) is 13.9. The van der Waals surface area contributed by atoms with Gasteiger partial charge in [0.15, 0.2) is 0 Å². The maximum Gasteiger partial charge on any atom is 0.288 e. The fourth-order valence-corrected chi connectivity index (χ4v) is 10.4. The highest BCUT2D eigenvalue weighted by molar-refractivity contribution is 6.90. The monoisotopic (exact) mass is 669 g/mol. The fraction of sp³-hybridized carbons (Fsp3) is 0.514. The molecule has 2 aromatic carbocycles. The lowest BCUT2D eigenvalue weighted by molar-refractivity contribution is -0.131. The second-order valence-electron chi connectivity index (χ2n) is 14.4. The summed E-state index contributed by atoms with van der Waals surface area (Å²) in [5, 5.41) is 10.2. The van der Waals surface area contributed by atoms with E-state index >= 15 is 4.11 Å². The van der Waals surface area contributed by atoms with Gasteiger partial charge in [-0.2, -0.15) is 0 Å². The molecule has 0 heterocycles. The molecule has 1 unspecified atom stereocenters. The molecule has 5 amide bonds. The third-order valence-corrected chi connectivity index (χ3v) is 13.3. The van der Waals surface area contributed by atoms with E-state index in [9.17, 15) is 24.0 Å². The Hall–Kier alpha value is -4.06. The summed E-state index contributed by atoms with van der Waals surface area (Å²) in [4.78, 5) is 62.5. The average molecular weight is 670 g/mol. The Labute approximate surface area is 279 Å². The van der Waals surface area contributed by atoms with Crippen LogP contribution in [-0.2, 0) is 36.8 Å². The number of halogens is 1. The molecular formula is C35H52FN5O5Si. The van der Waals surface area contributed by atoms with Gasteiger partial charge < -0.3 is 31.1 Å². The minimum Gasteiger partial charge on any atom is -0.368 e. The Bertz CT molecular complexity index is 1370. The standard InChI is InChI=1S/C35H52FN5O5Si/c1-23(2)31(41-30(44)21-25-14-16-26(17-15-25)47(36,34(3,4)5)35(6,7)8)33(46)38-19-18-29(43)40-27(32(45)39-22-28(37)42)20-24-12-10-9-11-13-24/h9-17,23,27,31H,18-22H2,1-8H3,(H2,37,42)(H,38,46)(H,39,45)(H,40,43)(H,41,44)/t27?,31-/m0/s1. The molecule has 2 atom stereocenters. The number of primary amides is 1. The molecule has 258 valence electrons. The van der Waals surface area contributed by atoms with Crippen LogP contribution in [0.1, 0.15) is 72.9 Å². The second kappa shape index (κ2) is 16.7. The SMILES string of the molecule is CC(C)[C@H](NC(=O)Cc1ccc([Si](F)(C(C)(C)C)C(C)(C)C)cc1)C(=O)NCCC(=O)NC(Cc1ccccc1)C(=O)NCC(N)=O. The normalized spacial score (nSPS) is 13.3. The van der Waals surface area contributed by atoms with Crippen LogP contribution >= 0.6 is 0 Å². The quantitative estimate of drug-likeness (QED) is 0.146. The topological polar surface area (TPSA) is 159 Å². The van der Waals surface area contributed by atoms with Crippen molar-refractivity contribution < 1.29 is 28.1 Å². The molecule has 10 nitrogen and oxygen atoms in total. The average Bonchev–Trinajstić information content (AvgIpc) is 2.97. The highest BCUT2D eigenvalue weighted by Crippen LogP contribution is 2.51. The van der Waals surface area contributed by atoms with E-state index in [1.165, 1.54) is 0 Å². The van der Waals surface area contributed by atoms with Crippen molar-refractivity contribution in [1.29, 1.82) is 0 Å². The van der Waals surface area contributed by atoms with Gasteiger partial charge in [0.2, 0.25) is 29.5 Å². The van der Waals surface area contributed by atoms with E-state index in [2.05, 4.69) is 21.3 Å². The van der Waals surface area contributed by atoms with Crippen molar-refractivity contribution in [1.82, 2.24) is 21.3 Å². The number of carbonyl (C=O) groups excluding carboxylic acids is 5. The minimum absolute atomic E-state index is 0.0195. The first-order valence-electron chi connectivity index (χ1n) is 16.0. The zero-order valence-corrected chi connectivity index (χ0v) is 30.0. The van der Waals surface area contributed by atoms with E-state index in [-0.39, 0.29) is 44.2 Å². The highest BCUT2D eigenvalue weighted by Gasteiger charge is 2.56. The van der Waals surface area contributed by atoms with E-state index in [1.807, 2.05) is 71.9 Å². The van der Waals surface area contributed by atoms with Crippen molar-refractivity contribution in [3.8, 4) is 0 Å². The summed E-state index contributed by atoms with van der Waals surface area (Å²) < 4.78 is 16.6. The van der Waals surface area contributed by atoms with Crippen LogP contribution < -0.4 is 32.2 Å². The van der Waals surface area contributed by atoms with Gasteiger partial charge in [0, 0.05) is 19.4 Å². The van der Waals surface area contributed by atoms with Crippen LogP contribution in [0.4, 0.5) is 4.11 Å². The zero-order valence-electron chi connectivity index (χ0n) is 29.0. The number of nitrogens with two attached hydrogens (primary N) is 1. The molecule has 0 saturated heterocycles. The molecule has 0 spiro atoms. The van der Waals surface area contributed by atoms with Crippen molar-refractivity contribution in [2.45, 2.75) is 96.8 Å². The number of benzene rings is 2. The number of nitrogens with one attached hydrogen (secondary N) is 4. The molecule has 0 aromatic heterocycles. The lowest BCUT2D eigenvalue weighted by Crippen LogP contribution is -2.57. The number of hydrogen-bond donors (Lipinski definition) is 5. The number of rotatable bonds is 15. The van der Waals surface area contributed by atoms with Gasteiger partial charge in [-0.25, -0.2) is 0 Å². The highest BCUT2D eigenvalue weighted by atomic mass is 28.4. The van der Waals surface area contributed by atoms with E-state index < -0.39 is 54.2 Å². The van der Waals surface area contributed by atoms with E-state index in [4.69, 9.17) is 5.73 Å². The van der Waals surface area contributed by atoms with Crippen molar-refractivity contribution in [2.24, 2.45) is 11.7 Å². The van der Waals surface area contributed by atoms with E-state index in [0.717, 1.165) is 5.56 Å². The smallest absolute Gasteiger partial charge is 0.288 e. The first-order valence-corrected chi connectivity index (χ1v) is 17.9. The maximum absolute atomic E-state index is 16.6.